The molecule has 0 unspecified atom stereocenters. The van der Waals surface area contributed by atoms with Gasteiger partial charge in [-0.15, -0.1) is 0 Å². The number of amides is 2. The first-order valence-corrected chi connectivity index (χ1v) is 8.02. The Labute approximate surface area is 140 Å². The molecule has 0 aliphatic carbocycles. The van der Waals surface area contributed by atoms with E-state index in [0.29, 0.717) is 18.3 Å². The third-order valence-electron chi connectivity index (χ3n) is 3.65. The van der Waals surface area contributed by atoms with E-state index in [1.807, 2.05) is 41.1 Å². The van der Waals surface area contributed by atoms with Crippen LogP contribution in [0.5, 0.6) is 0 Å². The third-order valence-corrected chi connectivity index (χ3v) is 3.65. The quantitative estimate of drug-likeness (QED) is 0.757. The van der Waals surface area contributed by atoms with Gasteiger partial charge >= 0.3 is 6.03 Å². The van der Waals surface area contributed by atoms with E-state index in [0.717, 1.165) is 23.2 Å². The van der Waals surface area contributed by atoms with Crippen LogP contribution in [0.25, 0.3) is 5.65 Å². The second-order valence-electron chi connectivity index (χ2n) is 6.15. The van der Waals surface area contributed by atoms with Crippen LogP contribution in [0.3, 0.4) is 0 Å². The van der Waals surface area contributed by atoms with Crippen LogP contribution in [-0.2, 0) is 13.0 Å². The molecule has 3 heterocycles. The summed E-state index contributed by atoms with van der Waals surface area (Å²) in [5.41, 5.74) is 2.96. The van der Waals surface area contributed by atoms with Gasteiger partial charge in [-0.2, -0.15) is 0 Å². The molecule has 3 aromatic rings. The van der Waals surface area contributed by atoms with Gasteiger partial charge in [-0.25, -0.2) is 14.8 Å². The van der Waals surface area contributed by atoms with Gasteiger partial charge in [0, 0.05) is 36.9 Å². The van der Waals surface area contributed by atoms with Crippen molar-refractivity contribution in [1.82, 2.24) is 19.7 Å². The third kappa shape index (κ3) is 3.90. The maximum Gasteiger partial charge on any atom is 0.320 e. The Morgan fingerprint density at radius 1 is 1.21 bits per heavy atom. The van der Waals surface area contributed by atoms with Crippen LogP contribution >= 0.6 is 0 Å². The fourth-order valence-corrected chi connectivity index (χ4v) is 2.62. The molecule has 0 fully saturated rings. The molecule has 0 bridgehead atoms. The average Bonchev–Trinajstić information content (AvgIpc) is 3.01. The lowest BCUT2D eigenvalue weighted by atomic mass is 10.0. The van der Waals surface area contributed by atoms with Crippen LogP contribution in [0.1, 0.15) is 25.0 Å². The molecule has 2 N–H and O–H groups in total. The molecule has 3 rings (SSSR count). The van der Waals surface area contributed by atoms with Crippen LogP contribution in [0.2, 0.25) is 0 Å². The molecule has 6 nitrogen and oxygen atoms in total. The Balaban J connectivity index is 1.61. The van der Waals surface area contributed by atoms with Gasteiger partial charge in [0.25, 0.3) is 0 Å². The molecule has 6 heteroatoms. The molecule has 0 radical (unpaired) electrons. The number of aromatic nitrogens is 3. The molecular formula is C18H21N5O. The first-order valence-electron chi connectivity index (χ1n) is 8.02. The van der Waals surface area contributed by atoms with E-state index in [1.54, 1.807) is 12.4 Å². The lowest BCUT2D eigenvalue weighted by molar-refractivity contribution is 0.251. The van der Waals surface area contributed by atoms with E-state index >= 15 is 0 Å². The van der Waals surface area contributed by atoms with Gasteiger partial charge in [-0.3, -0.25) is 5.32 Å². The van der Waals surface area contributed by atoms with Crippen molar-refractivity contribution in [1.29, 1.82) is 0 Å². The van der Waals surface area contributed by atoms with Crippen LogP contribution in [0.4, 0.5) is 10.6 Å². The number of carbonyl (C=O) groups is 1. The topological polar surface area (TPSA) is 71.3 Å². The summed E-state index contributed by atoms with van der Waals surface area (Å²) in [6, 6.07) is 7.49. The summed E-state index contributed by atoms with van der Waals surface area (Å²) in [6.07, 6.45) is 8.22. The number of urea groups is 1. The predicted octanol–water partition coefficient (Wildman–Crippen LogP) is 3.25. The summed E-state index contributed by atoms with van der Waals surface area (Å²) in [5.74, 6) is 1.12. The maximum absolute atomic E-state index is 12.1. The smallest absolute Gasteiger partial charge is 0.320 e. The van der Waals surface area contributed by atoms with Gasteiger partial charge in [-0.1, -0.05) is 19.9 Å². The minimum atomic E-state index is -0.280. The van der Waals surface area contributed by atoms with E-state index in [1.165, 1.54) is 0 Å². The monoisotopic (exact) mass is 323 g/mol. The summed E-state index contributed by atoms with van der Waals surface area (Å²) >= 11 is 0. The zero-order valence-electron chi connectivity index (χ0n) is 13.9. The van der Waals surface area contributed by atoms with Gasteiger partial charge in [0.1, 0.15) is 11.5 Å². The van der Waals surface area contributed by atoms with E-state index in [-0.39, 0.29) is 6.03 Å². The summed E-state index contributed by atoms with van der Waals surface area (Å²) in [5, 5.41) is 5.63. The van der Waals surface area contributed by atoms with E-state index in [2.05, 4.69) is 34.4 Å². The molecule has 0 saturated carbocycles. The van der Waals surface area contributed by atoms with Crippen molar-refractivity contribution >= 4 is 17.5 Å². The zero-order chi connectivity index (χ0) is 16.9. The number of nitrogens with one attached hydrogen (secondary N) is 2. The number of nitrogens with zero attached hydrogens (tertiary/aromatic N) is 3. The van der Waals surface area contributed by atoms with Crippen molar-refractivity contribution in [3.8, 4) is 0 Å². The molecule has 0 atom stereocenters. The lowest BCUT2D eigenvalue weighted by Crippen LogP contribution is -2.28. The Morgan fingerprint density at radius 2 is 2.08 bits per heavy atom. The fourth-order valence-electron chi connectivity index (χ4n) is 2.62. The number of hydrogen-bond donors (Lipinski definition) is 2. The van der Waals surface area contributed by atoms with Crippen molar-refractivity contribution in [3.63, 3.8) is 0 Å². The van der Waals surface area contributed by atoms with Crippen LogP contribution in [-0.4, -0.2) is 20.4 Å². The number of carbonyl (C=O) groups excluding carboxylic acids is 1. The number of imidazole rings is 1. The van der Waals surface area contributed by atoms with Crippen molar-refractivity contribution in [3.05, 3.63) is 60.2 Å². The van der Waals surface area contributed by atoms with Crippen LogP contribution in [0, 0.1) is 5.92 Å². The first kappa shape index (κ1) is 16.0. The number of anilines is 1. The molecule has 0 aliphatic rings. The van der Waals surface area contributed by atoms with Crippen molar-refractivity contribution in [2.75, 3.05) is 5.32 Å². The molecule has 24 heavy (non-hydrogen) atoms. The average molecular weight is 323 g/mol. The van der Waals surface area contributed by atoms with Crippen LogP contribution in [0.15, 0.2) is 49.1 Å². The number of fused-ring (bicyclic) bond motifs is 1. The van der Waals surface area contributed by atoms with Crippen molar-refractivity contribution in [2.45, 2.75) is 26.8 Å². The van der Waals surface area contributed by atoms with Gasteiger partial charge in [0.15, 0.2) is 0 Å². The summed E-state index contributed by atoms with van der Waals surface area (Å²) in [4.78, 5) is 20.6. The predicted molar refractivity (Wildman–Crippen MR) is 93.8 cm³/mol. The molecule has 0 saturated heterocycles. The van der Waals surface area contributed by atoms with Gasteiger partial charge in [-0.05, 0) is 36.1 Å². The highest BCUT2D eigenvalue weighted by Crippen LogP contribution is 2.12. The van der Waals surface area contributed by atoms with Crippen LogP contribution < -0.4 is 10.6 Å². The maximum atomic E-state index is 12.1. The summed E-state index contributed by atoms with van der Waals surface area (Å²) in [6.45, 7) is 4.73. The molecule has 2 amide bonds. The zero-order valence-corrected chi connectivity index (χ0v) is 13.9. The number of rotatable bonds is 5. The standard InChI is InChI=1S/C18H21N5O/c1-13(2)10-14-5-6-19-16(11-14)22-18(24)21-12-15-4-3-8-23-9-7-20-17(15)23/h3-9,11,13H,10,12H2,1-2H3,(H2,19,21,22,24). The Hall–Kier alpha value is -2.89. The van der Waals surface area contributed by atoms with Gasteiger partial charge in [0.05, 0.1) is 0 Å². The molecule has 3 aromatic heterocycles. The molecule has 0 aromatic carbocycles. The highest BCUT2D eigenvalue weighted by atomic mass is 16.2. The Kier molecular flexibility index (Phi) is 4.74. The minimum absolute atomic E-state index is 0.280. The molecule has 0 aliphatic heterocycles. The molecular weight excluding hydrogens is 302 g/mol. The summed E-state index contributed by atoms with van der Waals surface area (Å²) in [7, 11) is 0. The lowest BCUT2D eigenvalue weighted by Gasteiger charge is -2.10. The molecule has 0 spiro atoms. The first-order chi connectivity index (χ1) is 11.6. The SMILES string of the molecule is CC(C)Cc1ccnc(NC(=O)NCc2cccn3ccnc23)c1. The van der Waals surface area contributed by atoms with Crippen molar-refractivity contribution in [2.24, 2.45) is 5.92 Å². The minimum Gasteiger partial charge on any atom is -0.334 e. The fraction of sp³-hybridized carbons (Fsp3) is 0.278. The Morgan fingerprint density at radius 3 is 2.92 bits per heavy atom. The highest BCUT2D eigenvalue weighted by molar-refractivity contribution is 5.88. The number of hydrogen-bond acceptors (Lipinski definition) is 3. The van der Waals surface area contributed by atoms with E-state index in [9.17, 15) is 4.79 Å². The van der Waals surface area contributed by atoms with Crippen molar-refractivity contribution < 1.29 is 4.79 Å². The largest absolute Gasteiger partial charge is 0.334 e. The van der Waals surface area contributed by atoms with E-state index in [4.69, 9.17) is 0 Å². The van der Waals surface area contributed by atoms with Gasteiger partial charge < -0.3 is 9.72 Å². The second-order valence-corrected chi connectivity index (χ2v) is 6.15. The summed E-state index contributed by atoms with van der Waals surface area (Å²) < 4.78 is 1.92. The van der Waals surface area contributed by atoms with Gasteiger partial charge in [0.2, 0.25) is 0 Å². The Bertz CT molecular complexity index is 840. The second kappa shape index (κ2) is 7.12. The highest BCUT2D eigenvalue weighted by Gasteiger charge is 2.07. The molecule has 124 valence electrons. The normalized spacial score (nSPS) is 11.0. The number of pyridine rings is 2. The van der Waals surface area contributed by atoms with E-state index < -0.39 is 0 Å².